The standard InChI is InChI=1S/C27H28O5S/c1-4-8-24-25(14-13-23(18(3)28)26(24)29)32-17-19-9-6-11-21(15-19)33-22-12-7-10-20(16-22)27(30)31-5-2/h6-7,9-16,29H,4-5,8,17H2,1-3H3. The summed E-state index contributed by atoms with van der Waals surface area (Å²) >= 11 is 1.55. The summed E-state index contributed by atoms with van der Waals surface area (Å²) in [5, 5.41) is 10.5. The highest BCUT2D eigenvalue weighted by Crippen LogP contribution is 2.34. The molecule has 172 valence electrons. The molecule has 3 aromatic carbocycles. The number of Topliss-reactive ketones (excluding diaryl/α,β-unsaturated/α-hetero) is 1. The SMILES string of the molecule is CCCc1c(OCc2cccc(Sc3cccc(C(=O)OCC)c3)c2)ccc(C(C)=O)c1O. The van der Waals surface area contributed by atoms with Crippen molar-refractivity contribution in [2.45, 2.75) is 50.0 Å². The minimum atomic E-state index is -0.330. The fourth-order valence-corrected chi connectivity index (χ4v) is 4.39. The number of carbonyl (C=O) groups excluding carboxylic acids is 2. The number of esters is 1. The van der Waals surface area contributed by atoms with Gasteiger partial charge in [-0.25, -0.2) is 4.79 Å². The van der Waals surface area contributed by atoms with Gasteiger partial charge < -0.3 is 14.6 Å². The zero-order valence-corrected chi connectivity index (χ0v) is 19.9. The minimum absolute atomic E-state index is 0.00707. The molecule has 0 radical (unpaired) electrons. The van der Waals surface area contributed by atoms with Gasteiger partial charge in [0.1, 0.15) is 18.1 Å². The van der Waals surface area contributed by atoms with Gasteiger partial charge in [-0.15, -0.1) is 0 Å². The maximum Gasteiger partial charge on any atom is 0.338 e. The van der Waals surface area contributed by atoms with Crippen molar-refractivity contribution in [1.82, 2.24) is 0 Å². The monoisotopic (exact) mass is 464 g/mol. The summed E-state index contributed by atoms with van der Waals surface area (Å²) in [5.41, 5.74) is 2.47. The summed E-state index contributed by atoms with van der Waals surface area (Å²) in [4.78, 5) is 25.7. The third-order valence-electron chi connectivity index (χ3n) is 4.99. The molecule has 5 nitrogen and oxygen atoms in total. The Morgan fingerprint density at radius 2 is 1.70 bits per heavy atom. The lowest BCUT2D eigenvalue weighted by atomic mass is 10.0. The minimum Gasteiger partial charge on any atom is -0.507 e. The number of ketones is 1. The van der Waals surface area contributed by atoms with Crippen LogP contribution in [0, 0.1) is 0 Å². The Kier molecular flexibility index (Phi) is 8.55. The van der Waals surface area contributed by atoms with Crippen molar-refractivity contribution in [2.75, 3.05) is 6.61 Å². The lowest BCUT2D eigenvalue weighted by molar-refractivity contribution is 0.0526. The molecular formula is C27H28O5S. The average molecular weight is 465 g/mol. The van der Waals surface area contributed by atoms with E-state index in [4.69, 9.17) is 9.47 Å². The molecule has 0 aliphatic carbocycles. The first-order valence-corrected chi connectivity index (χ1v) is 11.8. The number of aromatic hydroxyl groups is 1. The van der Waals surface area contributed by atoms with E-state index in [1.165, 1.54) is 6.92 Å². The number of hydrogen-bond donors (Lipinski definition) is 1. The quantitative estimate of drug-likeness (QED) is 0.274. The predicted molar refractivity (Wildman–Crippen MR) is 129 cm³/mol. The molecule has 0 saturated heterocycles. The van der Waals surface area contributed by atoms with Gasteiger partial charge in [0.25, 0.3) is 0 Å². The van der Waals surface area contributed by atoms with Gasteiger partial charge in [-0.3, -0.25) is 4.79 Å². The average Bonchev–Trinajstić information content (AvgIpc) is 2.80. The van der Waals surface area contributed by atoms with Crippen LogP contribution in [-0.2, 0) is 17.8 Å². The molecule has 0 fully saturated rings. The summed E-state index contributed by atoms with van der Waals surface area (Å²) in [6, 6.07) is 18.7. The normalized spacial score (nSPS) is 10.6. The Bertz CT molecular complexity index is 1140. The molecule has 0 spiro atoms. The van der Waals surface area contributed by atoms with E-state index in [1.54, 1.807) is 36.9 Å². The van der Waals surface area contributed by atoms with E-state index < -0.39 is 0 Å². The first-order valence-electron chi connectivity index (χ1n) is 11.0. The second kappa shape index (κ2) is 11.6. The zero-order chi connectivity index (χ0) is 23.8. The van der Waals surface area contributed by atoms with Gasteiger partial charge in [0.2, 0.25) is 0 Å². The smallest absolute Gasteiger partial charge is 0.338 e. The molecule has 0 unspecified atom stereocenters. The second-order valence-corrected chi connectivity index (χ2v) is 8.68. The predicted octanol–water partition coefficient (Wildman–Crippen LogP) is 6.45. The lowest BCUT2D eigenvalue weighted by Crippen LogP contribution is -2.04. The van der Waals surface area contributed by atoms with Crippen molar-refractivity contribution in [2.24, 2.45) is 0 Å². The molecule has 0 aliphatic heterocycles. The number of ether oxygens (including phenoxy) is 2. The summed E-state index contributed by atoms with van der Waals surface area (Å²) in [7, 11) is 0. The molecule has 1 N–H and O–H groups in total. The highest BCUT2D eigenvalue weighted by atomic mass is 32.2. The molecule has 0 bridgehead atoms. The van der Waals surface area contributed by atoms with Crippen LogP contribution < -0.4 is 4.74 Å². The van der Waals surface area contributed by atoms with Crippen molar-refractivity contribution in [3.8, 4) is 11.5 Å². The molecule has 0 atom stereocenters. The van der Waals surface area contributed by atoms with Crippen LogP contribution in [0.4, 0.5) is 0 Å². The molecule has 3 rings (SSSR count). The fourth-order valence-electron chi connectivity index (χ4n) is 3.43. The number of carbonyl (C=O) groups is 2. The van der Waals surface area contributed by atoms with Crippen LogP contribution in [0.25, 0.3) is 0 Å². The van der Waals surface area contributed by atoms with Gasteiger partial charge in [-0.2, -0.15) is 0 Å². The molecule has 6 heteroatoms. The molecule has 33 heavy (non-hydrogen) atoms. The van der Waals surface area contributed by atoms with E-state index in [1.807, 2.05) is 49.4 Å². The van der Waals surface area contributed by atoms with Crippen molar-refractivity contribution < 1.29 is 24.2 Å². The number of hydrogen-bond acceptors (Lipinski definition) is 6. The van der Waals surface area contributed by atoms with Crippen molar-refractivity contribution >= 4 is 23.5 Å². The number of phenols is 1. The third kappa shape index (κ3) is 6.39. The topological polar surface area (TPSA) is 72.8 Å². The Hall–Kier alpha value is -3.25. The van der Waals surface area contributed by atoms with Crippen molar-refractivity contribution in [3.05, 3.63) is 82.9 Å². The Morgan fingerprint density at radius 3 is 2.39 bits per heavy atom. The van der Waals surface area contributed by atoms with Crippen LogP contribution in [0.5, 0.6) is 11.5 Å². The van der Waals surface area contributed by atoms with Crippen molar-refractivity contribution in [3.63, 3.8) is 0 Å². The van der Waals surface area contributed by atoms with Crippen LogP contribution in [0.2, 0.25) is 0 Å². The number of rotatable bonds is 10. The largest absolute Gasteiger partial charge is 0.507 e. The van der Waals surface area contributed by atoms with Gasteiger partial charge in [-0.1, -0.05) is 43.3 Å². The molecule has 0 amide bonds. The highest BCUT2D eigenvalue weighted by Gasteiger charge is 2.16. The molecule has 0 aromatic heterocycles. The van der Waals surface area contributed by atoms with Gasteiger partial charge in [-0.05, 0) is 68.3 Å². The lowest BCUT2D eigenvalue weighted by Gasteiger charge is -2.15. The first-order chi connectivity index (χ1) is 15.9. The zero-order valence-electron chi connectivity index (χ0n) is 19.1. The number of benzene rings is 3. The summed E-state index contributed by atoms with van der Waals surface area (Å²) in [6.45, 7) is 5.91. The van der Waals surface area contributed by atoms with Crippen LogP contribution in [0.15, 0.2) is 70.5 Å². The van der Waals surface area contributed by atoms with E-state index in [0.29, 0.717) is 42.1 Å². The van der Waals surface area contributed by atoms with Crippen LogP contribution >= 0.6 is 11.8 Å². The second-order valence-electron chi connectivity index (χ2n) is 7.53. The molecular weight excluding hydrogens is 436 g/mol. The van der Waals surface area contributed by atoms with E-state index in [0.717, 1.165) is 21.8 Å². The Balaban J connectivity index is 1.74. The van der Waals surface area contributed by atoms with E-state index in [-0.39, 0.29) is 17.5 Å². The van der Waals surface area contributed by atoms with Crippen molar-refractivity contribution in [1.29, 1.82) is 0 Å². The fraction of sp³-hybridized carbons (Fsp3) is 0.259. The van der Waals surface area contributed by atoms with Gasteiger partial charge in [0, 0.05) is 15.4 Å². The van der Waals surface area contributed by atoms with Crippen LogP contribution in [0.3, 0.4) is 0 Å². The van der Waals surface area contributed by atoms with Gasteiger partial charge in [0.15, 0.2) is 5.78 Å². The Morgan fingerprint density at radius 1 is 0.970 bits per heavy atom. The maximum atomic E-state index is 12.0. The first kappa shape index (κ1) is 24.4. The molecule has 0 saturated carbocycles. The highest BCUT2D eigenvalue weighted by molar-refractivity contribution is 7.99. The molecule has 0 heterocycles. The van der Waals surface area contributed by atoms with Crippen LogP contribution in [0.1, 0.15) is 59.0 Å². The van der Waals surface area contributed by atoms with Crippen LogP contribution in [-0.4, -0.2) is 23.5 Å². The molecule has 3 aromatic rings. The summed E-state index contributed by atoms with van der Waals surface area (Å²) in [6.07, 6.45) is 1.44. The van der Waals surface area contributed by atoms with E-state index >= 15 is 0 Å². The maximum absolute atomic E-state index is 12.0. The summed E-state index contributed by atoms with van der Waals surface area (Å²) in [5.74, 6) is 0.0874. The third-order valence-corrected chi connectivity index (χ3v) is 5.97. The van der Waals surface area contributed by atoms with E-state index in [2.05, 4.69) is 0 Å². The molecule has 0 aliphatic rings. The van der Waals surface area contributed by atoms with E-state index in [9.17, 15) is 14.7 Å². The van der Waals surface area contributed by atoms with Gasteiger partial charge >= 0.3 is 5.97 Å². The Labute approximate surface area is 198 Å². The van der Waals surface area contributed by atoms with Gasteiger partial charge in [0.05, 0.1) is 17.7 Å². The number of phenolic OH excluding ortho intramolecular Hbond substituents is 1. The summed E-state index contributed by atoms with van der Waals surface area (Å²) < 4.78 is 11.1.